The molecule has 0 saturated carbocycles. The summed E-state index contributed by atoms with van der Waals surface area (Å²) in [4.78, 5) is 14.0. The lowest BCUT2D eigenvalue weighted by molar-refractivity contribution is 0.0702. The Labute approximate surface area is 98.7 Å². The molecule has 1 aromatic carbocycles. The largest absolute Gasteiger partial charge is 0.319 e. The quantitative estimate of drug-likeness (QED) is 0.626. The zero-order valence-corrected chi connectivity index (χ0v) is 8.78. The van der Waals surface area contributed by atoms with E-state index in [2.05, 4.69) is 4.98 Å². The number of carbonyl (C=O) groups excluding carboxylic acids is 1. The number of imidazole rings is 1. The predicted octanol–water partition coefficient (Wildman–Crippen LogP) is 3.04. The van der Waals surface area contributed by atoms with Crippen molar-refractivity contribution in [3.8, 4) is 11.3 Å². The highest BCUT2D eigenvalue weighted by atomic mass is 19.3. The highest BCUT2D eigenvalue weighted by Gasteiger charge is 2.14. The van der Waals surface area contributed by atoms with Gasteiger partial charge in [0.15, 0.2) is 6.29 Å². The molecule has 0 aliphatic carbocycles. The Morgan fingerprint density at radius 1 is 1.22 bits per heavy atom. The molecule has 0 atom stereocenters. The van der Waals surface area contributed by atoms with Crippen LogP contribution in [-0.4, -0.2) is 15.8 Å². The molecule has 0 N–H and O–H groups in total. The molecule has 0 aliphatic rings. The third kappa shape index (κ3) is 2.11. The van der Waals surface area contributed by atoms with Crippen molar-refractivity contribution >= 4 is 6.29 Å². The average Bonchev–Trinajstić information content (AvgIpc) is 2.77. The van der Waals surface area contributed by atoms with Crippen LogP contribution in [0.25, 0.3) is 11.3 Å². The number of alkyl halides is 2. The maximum atomic E-state index is 13.3. The number of aldehydes is 1. The number of hydrogen-bond donors (Lipinski definition) is 0. The van der Waals surface area contributed by atoms with E-state index < -0.39 is 23.7 Å². The van der Waals surface area contributed by atoms with Crippen LogP contribution >= 0.6 is 0 Å². The van der Waals surface area contributed by atoms with Crippen molar-refractivity contribution in [2.24, 2.45) is 0 Å². The van der Waals surface area contributed by atoms with Gasteiger partial charge in [-0.2, -0.15) is 8.78 Å². The second kappa shape index (κ2) is 4.59. The van der Waals surface area contributed by atoms with Crippen LogP contribution in [0.2, 0.25) is 0 Å². The molecular weight excluding hydrogens is 252 g/mol. The standard InChI is InChI=1S/C11H6F4N2O/c12-8-1-6(2-9(13)7(8)4-18)10-3-17(5-16-10)11(14)15/h1-5,11H. The van der Waals surface area contributed by atoms with Gasteiger partial charge in [0.25, 0.3) is 0 Å². The highest BCUT2D eigenvalue weighted by Crippen LogP contribution is 2.23. The second-order valence-electron chi connectivity index (χ2n) is 3.46. The normalized spacial score (nSPS) is 10.9. The third-order valence-corrected chi connectivity index (χ3v) is 2.32. The average molecular weight is 258 g/mol. The first-order valence-corrected chi connectivity index (χ1v) is 4.79. The maximum absolute atomic E-state index is 13.3. The Balaban J connectivity index is 2.47. The lowest BCUT2D eigenvalue weighted by atomic mass is 10.1. The van der Waals surface area contributed by atoms with Crippen molar-refractivity contribution in [3.05, 3.63) is 41.9 Å². The SMILES string of the molecule is O=Cc1c(F)cc(-c2cn(C(F)F)cn2)cc1F. The molecule has 94 valence electrons. The van der Waals surface area contributed by atoms with Gasteiger partial charge in [0.2, 0.25) is 0 Å². The van der Waals surface area contributed by atoms with Crippen LogP contribution in [0.15, 0.2) is 24.7 Å². The van der Waals surface area contributed by atoms with Gasteiger partial charge >= 0.3 is 6.55 Å². The molecule has 0 unspecified atom stereocenters. The molecule has 0 radical (unpaired) electrons. The Morgan fingerprint density at radius 3 is 2.28 bits per heavy atom. The van der Waals surface area contributed by atoms with Crippen molar-refractivity contribution < 1.29 is 22.4 Å². The van der Waals surface area contributed by atoms with E-state index >= 15 is 0 Å². The summed E-state index contributed by atoms with van der Waals surface area (Å²) in [5.41, 5.74) is -0.729. The molecular formula is C11H6F4N2O. The molecule has 0 spiro atoms. The summed E-state index contributed by atoms with van der Waals surface area (Å²) in [7, 11) is 0. The number of rotatable bonds is 3. The fraction of sp³-hybridized carbons (Fsp3) is 0.0909. The summed E-state index contributed by atoms with van der Waals surface area (Å²) >= 11 is 0. The van der Waals surface area contributed by atoms with Gasteiger partial charge in [0.05, 0.1) is 17.6 Å². The monoisotopic (exact) mass is 258 g/mol. The summed E-state index contributed by atoms with van der Waals surface area (Å²) in [5, 5.41) is 0. The number of aromatic nitrogens is 2. The van der Waals surface area contributed by atoms with Crippen LogP contribution in [0.1, 0.15) is 16.9 Å². The Bertz CT molecular complexity index is 571. The van der Waals surface area contributed by atoms with Crippen molar-refractivity contribution in [2.75, 3.05) is 0 Å². The van der Waals surface area contributed by atoms with Crippen LogP contribution in [-0.2, 0) is 0 Å². The first-order valence-electron chi connectivity index (χ1n) is 4.79. The minimum atomic E-state index is -2.78. The Morgan fingerprint density at radius 2 is 1.83 bits per heavy atom. The van der Waals surface area contributed by atoms with Gasteiger partial charge in [-0.15, -0.1) is 0 Å². The summed E-state index contributed by atoms with van der Waals surface area (Å²) < 4.78 is 51.7. The molecule has 0 aliphatic heterocycles. The van der Waals surface area contributed by atoms with Crippen LogP contribution in [0.5, 0.6) is 0 Å². The lowest BCUT2D eigenvalue weighted by Gasteiger charge is -2.01. The Hall–Kier alpha value is -2.18. The van der Waals surface area contributed by atoms with Crippen LogP contribution in [0.4, 0.5) is 17.6 Å². The van der Waals surface area contributed by atoms with E-state index in [1.807, 2.05) is 0 Å². The van der Waals surface area contributed by atoms with Gasteiger partial charge in [-0.05, 0) is 12.1 Å². The molecule has 0 bridgehead atoms. The third-order valence-electron chi connectivity index (χ3n) is 2.32. The number of nitrogens with zero attached hydrogens (tertiary/aromatic N) is 2. The molecule has 2 aromatic rings. The fourth-order valence-corrected chi connectivity index (χ4v) is 1.44. The lowest BCUT2D eigenvalue weighted by Crippen LogP contribution is -1.95. The Kier molecular flexibility index (Phi) is 3.14. The number of halogens is 4. The van der Waals surface area contributed by atoms with E-state index in [1.165, 1.54) is 0 Å². The van der Waals surface area contributed by atoms with E-state index in [-0.39, 0.29) is 17.5 Å². The zero-order valence-electron chi connectivity index (χ0n) is 8.78. The predicted molar refractivity (Wildman–Crippen MR) is 54.2 cm³/mol. The van der Waals surface area contributed by atoms with Gasteiger partial charge in [-0.1, -0.05) is 0 Å². The number of carbonyl (C=O) groups is 1. The van der Waals surface area contributed by atoms with E-state index in [1.54, 1.807) is 0 Å². The van der Waals surface area contributed by atoms with Crippen LogP contribution < -0.4 is 0 Å². The first-order chi connectivity index (χ1) is 8.52. The highest BCUT2D eigenvalue weighted by molar-refractivity contribution is 5.77. The smallest absolute Gasteiger partial charge is 0.298 e. The summed E-state index contributed by atoms with van der Waals surface area (Å²) in [5.74, 6) is -2.13. The van der Waals surface area contributed by atoms with Gasteiger partial charge < -0.3 is 0 Å². The first kappa shape index (κ1) is 12.3. The molecule has 7 heteroatoms. The minimum Gasteiger partial charge on any atom is -0.298 e. The number of hydrogen-bond acceptors (Lipinski definition) is 2. The fourth-order valence-electron chi connectivity index (χ4n) is 1.44. The van der Waals surface area contributed by atoms with Gasteiger partial charge in [0, 0.05) is 11.8 Å². The van der Waals surface area contributed by atoms with Gasteiger partial charge in [-0.3, -0.25) is 9.36 Å². The summed E-state index contributed by atoms with van der Waals surface area (Å²) in [6.07, 6.45) is 1.86. The molecule has 0 saturated heterocycles. The number of benzene rings is 1. The second-order valence-corrected chi connectivity index (χ2v) is 3.46. The van der Waals surface area contributed by atoms with E-state index in [0.717, 1.165) is 24.7 Å². The van der Waals surface area contributed by atoms with Crippen LogP contribution in [0, 0.1) is 11.6 Å². The molecule has 2 rings (SSSR count). The summed E-state index contributed by atoms with van der Waals surface area (Å²) in [6.45, 7) is -2.78. The zero-order chi connectivity index (χ0) is 13.3. The molecule has 18 heavy (non-hydrogen) atoms. The topological polar surface area (TPSA) is 34.9 Å². The van der Waals surface area contributed by atoms with Crippen molar-refractivity contribution in [2.45, 2.75) is 6.55 Å². The van der Waals surface area contributed by atoms with Crippen molar-refractivity contribution in [3.63, 3.8) is 0 Å². The molecule has 0 fully saturated rings. The van der Waals surface area contributed by atoms with E-state index in [9.17, 15) is 22.4 Å². The summed E-state index contributed by atoms with van der Waals surface area (Å²) in [6, 6.07) is 1.73. The molecule has 3 nitrogen and oxygen atoms in total. The minimum absolute atomic E-state index is 0.00875. The van der Waals surface area contributed by atoms with E-state index in [4.69, 9.17) is 0 Å². The van der Waals surface area contributed by atoms with E-state index in [0.29, 0.717) is 4.57 Å². The molecule has 1 aromatic heterocycles. The van der Waals surface area contributed by atoms with Crippen molar-refractivity contribution in [1.29, 1.82) is 0 Å². The van der Waals surface area contributed by atoms with Crippen LogP contribution in [0.3, 0.4) is 0 Å². The maximum Gasteiger partial charge on any atom is 0.319 e. The molecule has 0 amide bonds. The van der Waals surface area contributed by atoms with Crippen molar-refractivity contribution in [1.82, 2.24) is 9.55 Å². The van der Waals surface area contributed by atoms with Gasteiger partial charge in [0.1, 0.15) is 11.6 Å². The molecule has 1 heterocycles. The van der Waals surface area contributed by atoms with Gasteiger partial charge in [-0.25, -0.2) is 13.8 Å².